The number of nitrogens with zero attached hydrogens (tertiary/aromatic N) is 4. The van der Waals surface area contributed by atoms with E-state index in [9.17, 15) is 18.3 Å². The fourth-order valence-electron chi connectivity index (χ4n) is 2.49. The average Bonchev–Trinajstić information content (AvgIpc) is 2.86. The second-order valence-corrected chi connectivity index (χ2v) is 5.09. The number of alkyl halides is 3. The topological polar surface area (TPSA) is 66.2 Å². The van der Waals surface area contributed by atoms with E-state index in [1.54, 1.807) is 0 Å². The smallest absolute Gasteiger partial charge is 0.395 e. The van der Waals surface area contributed by atoms with Crippen LogP contribution >= 0.6 is 0 Å². The monoisotopic (exact) mass is 307 g/mol. The van der Waals surface area contributed by atoms with Gasteiger partial charge in [0, 0.05) is 25.7 Å². The lowest BCUT2D eigenvalue weighted by atomic mass is 10.2. The molecule has 1 aromatic rings. The van der Waals surface area contributed by atoms with E-state index in [2.05, 4.69) is 15.5 Å². The zero-order valence-electron chi connectivity index (χ0n) is 11.9. The molecule has 1 atom stereocenters. The van der Waals surface area contributed by atoms with E-state index in [0.717, 1.165) is 17.5 Å². The average molecular weight is 307 g/mol. The van der Waals surface area contributed by atoms with Crippen LogP contribution in [-0.4, -0.2) is 57.1 Å². The summed E-state index contributed by atoms with van der Waals surface area (Å²) in [4.78, 5) is 2.03. The molecule has 0 aliphatic carbocycles. The standard InChI is InChI=1S/C12H20F3N5O/c1-2-16-9(8-21)3-4-19-5-6-20-10(7-19)17-18-11(20)12(13,14)15/h9,16,21H,2-8H2,1H3. The molecule has 0 spiro atoms. The summed E-state index contributed by atoms with van der Waals surface area (Å²) in [5.41, 5.74) is 0. The van der Waals surface area contributed by atoms with Crippen LogP contribution in [0.25, 0.3) is 0 Å². The Labute approximate surface area is 121 Å². The summed E-state index contributed by atoms with van der Waals surface area (Å²) in [5, 5.41) is 19.3. The number of likely N-dealkylation sites (N-methyl/N-ethyl adjacent to an activating group) is 1. The van der Waals surface area contributed by atoms with Gasteiger partial charge in [0.1, 0.15) is 5.82 Å². The predicted molar refractivity (Wildman–Crippen MR) is 69.5 cm³/mol. The molecule has 6 nitrogen and oxygen atoms in total. The van der Waals surface area contributed by atoms with Gasteiger partial charge in [0.05, 0.1) is 13.2 Å². The van der Waals surface area contributed by atoms with Gasteiger partial charge in [-0.1, -0.05) is 6.92 Å². The van der Waals surface area contributed by atoms with E-state index in [4.69, 9.17) is 0 Å². The molecule has 1 aromatic heterocycles. The summed E-state index contributed by atoms with van der Waals surface area (Å²) in [6.07, 6.45) is -3.72. The van der Waals surface area contributed by atoms with Crippen molar-refractivity contribution >= 4 is 0 Å². The van der Waals surface area contributed by atoms with Crippen LogP contribution in [0, 0.1) is 0 Å². The van der Waals surface area contributed by atoms with E-state index >= 15 is 0 Å². The molecule has 1 unspecified atom stereocenters. The van der Waals surface area contributed by atoms with Gasteiger partial charge in [-0.05, 0) is 13.0 Å². The van der Waals surface area contributed by atoms with E-state index in [1.165, 1.54) is 0 Å². The first-order valence-corrected chi connectivity index (χ1v) is 7.01. The van der Waals surface area contributed by atoms with Crippen molar-refractivity contribution in [3.05, 3.63) is 11.6 Å². The minimum Gasteiger partial charge on any atom is -0.395 e. The van der Waals surface area contributed by atoms with Gasteiger partial charge in [0.15, 0.2) is 0 Å². The SMILES string of the molecule is CCNC(CO)CCN1CCn2c(nnc2C(F)(F)F)C1. The molecule has 2 heterocycles. The Morgan fingerprint density at radius 3 is 2.71 bits per heavy atom. The summed E-state index contributed by atoms with van der Waals surface area (Å²) < 4.78 is 39.3. The number of fused-ring (bicyclic) bond motifs is 1. The highest BCUT2D eigenvalue weighted by molar-refractivity contribution is 5.02. The first-order chi connectivity index (χ1) is 9.95. The zero-order valence-corrected chi connectivity index (χ0v) is 11.9. The molecule has 120 valence electrons. The molecule has 0 bridgehead atoms. The molecule has 0 saturated carbocycles. The quantitative estimate of drug-likeness (QED) is 0.800. The number of halogens is 3. The van der Waals surface area contributed by atoms with Gasteiger partial charge in [-0.15, -0.1) is 10.2 Å². The number of aromatic nitrogens is 3. The fraction of sp³-hybridized carbons (Fsp3) is 0.833. The summed E-state index contributed by atoms with van der Waals surface area (Å²) in [6, 6.07) is 0.0144. The molecule has 21 heavy (non-hydrogen) atoms. The number of aliphatic hydroxyl groups excluding tert-OH is 1. The maximum absolute atomic E-state index is 12.7. The minimum absolute atomic E-state index is 0.0144. The van der Waals surface area contributed by atoms with E-state index < -0.39 is 12.0 Å². The van der Waals surface area contributed by atoms with Crippen molar-refractivity contribution < 1.29 is 18.3 Å². The van der Waals surface area contributed by atoms with Crippen molar-refractivity contribution in [2.24, 2.45) is 0 Å². The van der Waals surface area contributed by atoms with Crippen LogP contribution in [0.1, 0.15) is 25.0 Å². The van der Waals surface area contributed by atoms with Gasteiger partial charge in [0.2, 0.25) is 5.82 Å². The van der Waals surface area contributed by atoms with Gasteiger partial charge >= 0.3 is 6.18 Å². The van der Waals surface area contributed by atoms with E-state index in [-0.39, 0.29) is 19.2 Å². The van der Waals surface area contributed by atoms with Crippen LogP contribution in [-0.2, 0) is 19.3 Å². The largest absolute Gasteiger partial charge is 0.451 e. The first-order valence-electron chi connectivity index (χ1n) is 7.01. The third-order valence-electron chi connectivity index (χ3n) is 3.59. The summed E-state index contributed by atoms with van der Waals surface area (Å²) in [6.45, 7) is 4.61. The highest BCUT2D eigenvalue weighted by Gasteiger charge is 2.39. The van der Waals surface area contributed by atoms with Crippen LogP contribution < -0.4 is 5.32 Å². The second-order valence-electron chi connectivity index (χ2n) is 5.09. The molecule has 0 amide bonds. The minimum atomic E-state index is -4.46. The molecular formula is C12H20F3N5O. The fourth-order valence-corrected chi connectivity index (χ4v) is 2.49. The van der Waals surface area contributed by atoms with Gasteiger partial charge in [0.25, 0.3) is 0 Å². The molecule has 2 rings (SSSR count). The summed E-state index contributed by atoms with van der Waals surface area (Å²) in [5.74, 6) is -0.574. The maximum Gasteiger partial charge on any atom is 0.451 e. The number of nitrogens with one attached hydrogen (secondary N) is 1. The number of hydrogen-bond acceptors (Lipinski definition) is 5. The van der Waals surface area contributed by atoms with Crippen molar-refractivity contribution in [2.45, 2.75) is 38.7 Å². The van der Waals surface area contributed by atoms with E-state index in [0.29, 0.717) is 25.5 Å². The maximum atomic E-state index is 12.7. The van der Waals surface area contributed by atoms with Gasteiger partial charge in [-0.25, -0.2) is 0 Å². The summed E-state index contributed by atoms with van der Waals surface area (Å²) >= 11 is 0. The Hall–Kier alpha value is -1.19. The van der Waals surface area contributed by atoms with Crippen molar-refractivity contribution in [3.63, 3.8) is 0 Å². The Morgan fingerprint density at radius 1 is 1.33 bits per heavy atom. The van der Waals surface area contributed by atoms with Gasteiger partial charge < -0.3 is 15.0 Å². The molecule has 2 N–H and O–H groups in total. The highest BCUT2D eigenvalue weighted by atomic mass is 19.4. The molecule has 0 radical (unpaired) electrons. The number of hydrogen-bond donors (Lipinski definition) is 2. The van der Waals surface area contributed by atoms with E-state index in [1.807, 2.05) is 11.8 Å². The Balaban J connectivity index is 1.93. The first kappa shape index (κ1) is 16.2. The van der Waals surface area contributed by atoms with Crippen molar-refractivity contribution in [3.8, 4) is 0 Å². The van der Waals surface area contributed by atoms with Crippen molar-refractivity contribution in [2.75, 3.05) is 26.2 Å². The van der Waals surface area contributed by atoms with Crippen molar-refractivity contribution in [1.29, 1.82) is 0 Å². The molecule has 1 aliphatic heterocycles. The molecule has 0 aromatic carbocycles. The predicted octanol–water partition coefficient (Wildman–Crippen LogP) is 0.473. The van der Waals surface area contributed by atoms with Gasteiger partial charge in [-0.3, -0.25) is 4.90 Å². The van der Waals surface area contributed by atoms with Crippen LogP contribution in [0.2, 0.25) is 0 Å². The Kier molecular flexibility index (Phi) is 5.17. The number of aliphatic hydroxyl groups is 1. The Morgan fingerprint density at radius 2 is 2.10 bits per heavy atom. The summed E-state index contributed by atoms with van der Waals surface area (Å²) in [7, 11) is 0. The zero-order chi connectivity index (χ0) is 15.5. The number of rotatable bonds is 6. The molecule has 1 aliphatic rings. The third-order valence-corrected chi connectivity index (χ3v) is 3.59. The highest BCUT2D eigenvalue weighted by Crippen LogP contribution is 2.29. The van der Waals surface area contributed by atoms with Crippen LogP contribution in [0.15, 0.2) is 0 Å². The van der Waals surface area contributed by atoms with Crippen LogP contribution in [0.4, 0.5) is 13.2 Å². The molecule has 0 fully saturated rings. The van der Waals surface area contributed by atoms with Crippen molar-refractivity contribution in [1.82, 2.24) is 25.0 Å². The van der Waals surface area contributed by atoms with Crippen LogP contribution in [0.3, 0.4) is 0 Å². The Bertz CT molecular complexity index is 462. The normalized spacial score (nSPS) is 17.8. The molecule has 9 heteroatoms. The molecular weight excluding hydrogens is 287 g/mol. The third kappa shape index (κ3) is 3.92. The lowest BCUT2D eigenvalue weighted by Crippen LogP contribution is -2.40. The van der Waals surface area contributed by atoms with Gasteiger partial charge in [-0.2, -0.15) is 13.2 Å². The second kappa shape index (κ2) is 6.71. The lowest BCUT2D eigenvalue weighted by molar-refractivity contribution is -0.148. The molecule has 0 saturated heterocycles. The lowest BCUT2D eigenvalue weighted by Gasteiger charge is -2.29. The van der Waals surface area contributed by atoms with Crippen LogP contribution in [0.5, 0.6) is 0 Å².